The molecule has 0 aromatic carbocycles. The van der Waals surface area contributed by atoms with Crippen molar-refractivity contribution in [2.75, 3.05) is 32.8 Å². The number of carboxylic acid groups (broad SMARTS) is 1. The second kappa shape index (κ2) is 20.7. The van der Waals surface area contributed by atoms with Crippen LogP contribution in [0.25, 0.3) is 0 Å². The fourth-order valence-corrected chi connectivity index (χ4v) is 4.65. The van der Waals surface area contributed by atoms with Crippen LogP contribution in [-0.4, -0.2) is 148 Å². The summed E-state index contributed by atoms with van der Waals surface area (Å²) in [4.78, 5) is 101. The van der Waals surface area contributed by atoms with Crippen LogP contribution in [-0.2, 0) is 38.4 Å². The van der Waals surface area contributed by atoms with Crippen LogP contribution >= 0.6 is 0 Å². The third-order valence-electron chi connectivity index (χ3n) is 7.28. The van der Waals surface area contributed by atoms with Gasteiger partial charge in [0.2, 0.25) is 41.4 Å². The van der Waals surface area contributed by atoms with Crippen LogP contribution in [0.3, 0.4) is 0 Å². The Balaban J connectivity index is 2.97. The normalized spacial score (nSPS) is 17.9. The number of unbranched alkanes of at least 4 members (excludes halogenated alkanes) is 1. The van der Waals surface area contributed by atoms with Crippen LogP contribution < -0.4 is 43.8 Å². The molecule has 15 N–H and O–H groups in total. The van der Waals surface area contributed by atoms with Crippen molar-refractivity contribution in [3.05, 3.63) is 0 Å². The molecule has 1 heterocycles. The molecule has 0 radical (unpaired) electrons. The molecule has 272 valence electrons. The number of rotatable bonds is 21. The minimum Gasteiger partial charge on any atom is -0.480 e. The number of aliphatic hydroxyl groups excluding tert-OH is 3. The lowest BCUT2D eigenvalue weighted by molar-refractivity contribution is -0.144. The number of carbonyl (C=O) groups is 8. The van der Waals surface area contributed by atoms with E-state index in [1.165, 1.54) is 6.92 Å². The van der Waals surface area contributed by atoms with E-state index in [1.807, 2.05) is 5.32 Å². The maximum atomic E-state index is 13.5. The van der Waals surface area contributed by atoms with Gasteiger partial charge in [-0.3, -0.25) is 33.6 Å². The summed E-state index contributed by atoms with van der Waals surface area (Å²) in [7, 11) is 0. The molecule has 1 aliphatic heterocycles. The number of aliphatic carboxylic acids is 1. The molecule has 1 aliphatic rings. The number of aliphatic hydroxyl groups is 3. The van der Waals surface area contributed by atoms with Crippen molar-refractivity contribution in [2.45, 2.75) is 87.8 Å². The number of nitrogens with zero attached hydrogens (tertiary/aromatic N) is 1. The van der Waals surface area contributed by atoms with Gasteiger partial charge in [-0.15, -0.1) is 0 Å². The van der Waals surface area contributed by atoms with E-state index >= 15 is 0 Å². The molecule has 7 atom stereocenters. The smallest absolute Gasteiger partial charge is 0.328 e. The molecule has 0 aliphatic carbocycles. The molecule has 0 saturated carbocycles. The molecule has 0 unspecified atom stereocenters. The summed E-state index contributed by atoms with van der Waals surface area (Å²) < 4.78 is 0. The first kappa shape index (κ1) is 41.6. The molecule has 48 heavy (non-hydrogen) atoms. The predicted octanol–water partition coefficient (Wildman–Crippen LogP) is -7.19. The minimum atomic E-state index is -1.62. The van der Waals surface area contributed by atoms with Crippen LogP contribution in [0, 0.1) is 0 Å². The number of nitrogens with one attached hydrogen (secondary N) is 5. The van der Waals surface area contributed by atoms with Gasteiger partial charge in [-0.1, -0.05) is 6.42 Å². The molecular weight excluding hydrogens is 642 g/mol. The van der Waals surface area contributed by atoms with Crippen molar-refractivity contribution in [1.82, 2.24) is 31.5 Å². The molecular formula is C27H47N9O12. The lowest BCUT2D eigenvalue weighted by atomic mass is 10.1. The lowest BCUT2D eigenvalue weighted by Gasteiger charge is -2.30. The number of nitrogens with two attached hydrogens (primary N) is 3. The Bertz CT molecular complexity index is 1170. The molecule has 7 amide bonds. The molecule has 0 aromatic heterocycles. The van der Waals surface area contributed by atoms with Gasteiger partial charge in [0.05, 0.1) is 38.3 Å². The Morgan fingerprint density at radius 3 is 2.06 bits per heavy atom. The average molecular weight is 690 g/mol. The quantitative estimate of drug-likeness (QED) is 0.0498. The lowest BCUT2D eigenvalue weighted by Crippen LogP contribution is -2.61. The fraction of sp³-hybridized carbons (Fsp3) is 0.704. The number of hydrogen-bond acceptors (Lipinski definition) is 13. The van der Waals surface area contributed by atoms with Gasteiger partial charge in [0.1, 0.15) is 30.2 Å². The summed E-state index contributed by atoms with van der Waals surface area (Å²) in [6.45, 7) is -1.01. The molecule has 0 aromatic rings. The Labute approximate surface area is 275 Å². The number of likely N-dealkylation sites (tertiary alicyclic amines) is 1. The first-order valence-corrected chi connectivity index (χ1v) is 15.2. The van der Waals surface area contributed by atoms with E-state index in [0.717, 1.165) is 4.90 Å². The summed E-state index contributed by atoms with van der Waals surface area (Å²) in [5, 5.41) is 48.7. The van der Waals surface area contributed by atoms with Crippen molar-refractivity contribution in [2.24, 2.45) is 17.2 Å². The van der Waals surface area contributed by atoms with Crippen molar-refractivity contribution in [3.63, 3.8) is 0 Å². The van der Waals surface area contributed by atoms with E-state index in [0.29, 0.717) is 25.8 Å². The number of carbonyl (C=O) groups excluding carboxylic acids is 7. The third kappa shape index (κ3) is 13.4. The maximum absolute atomic E-state index is 13.5. The Morgan fingerprint density at radius 2 is 1.52 bits per heavy atom. The summed E-state index contributed by atoms with van der Waals surface area (Å²) in [6, 6.07) is -8.67. The Morgan fingerprint density at radius 1 is 0.875 bits per heavy atom. The van der Waals surface area contributed by atoms with Crippen LogP contribution in [0.4, 0.5) is 0 Å². The van der Waals surface area contributed by atoms with E-state index in [-0.39, 0.29) is 19.4 Å². The summed E-state index contributed by atoms with van der Waals surface area (Å²) >= 11 is 0. The van der Waals surface area contributed by atoms with E-state index < -0.39 is 116 Å². The largest absolute Gasteiger partial charge is 0.480 e. The molecule has 1 fully saturated rings. The zero-order chi connectivity index (χ0) is 36.6. The first-order chi connectivity index (χ1) is 22.6. The molecule has 0 bridgehead atoms. The predicted molar refractivity (Wildman–Crippen MR) is 164 cm³/mol. The van der Waals surface area contributed by atoms with Gasteiger partial charge in [0, 0.05) is 6.54 Å². The molecule has 21 heteroatoms. The first-order valence-electron chi connectivity index (χ1n) is 15.2. The third-order valence-corrected chi connectivity index (χ3v) is 7.28. The highest BCUT2D eigenvalue weighted by Gasteiger charge is 2.40. The van der Waals surface area contributed by atoms with Crippen LogP contribution in [0.5, 0.6) is 0 Å². The SMILES string of the molecule is C[C@@H](O)[C@H](NC(=O)[C@@H](N)CCCCN)C(=O)N[C@@H](CC(N)=O)C(=O)N1CCC[C@H]1C(=O)N[C@@H](CO)C(=O)NCC(=O)N[C@@H](CO)C(=O)O. The zero-order valence-electron chi connectivity index (χ0n) is 26.6. The summed E-state index contributed by atoms with van der Waals surface area (Å²) in [5.41, 5.74) is 16.6. The fourth-order valence-electron chi connectivity index (χ4n) is 4.65. The van der Waals surface area contributed by atoms with E-state index in [1.54, 1.807) is 0 Å². The van der Waals surface area contributed by atoms with Gasteiger partial charge in [0.15, 0.2) is 0 Å². The highest BCUT2D eigenvalue weighted by Crippen LogP contribution is 2.20. The van der Waals surface area contributed by atoms with E-state index in [4.69, 9.17) is 27.4 Å². The topological polar surface area (TPSA) is 359 Å². The molecule has 1 rings (SSSR count). The minimum absolute atomic E-state index is 0.0119. The van der Waals surface area contributed by atoms with E-state index in [9.17, 15) is 48.6 Å². The number of hydrogen-bond donors (Lipinski definition) is 12. The van der Waals surface area contributed by atoms with Gasteiger partial charge in [-0.25, -0.2) is 4.79 Å². The van der Waals surface area contributed by atoms with Crippen molar-refractivity contribution < 1.29 is 58.8 Å². The second-order valence-corrected chi connectivity index (χ2v) is 11.1. The molecule has 1 saturated heterocycles. The summed E-state index contributed by atoms with van der Waals surface area (Å²) in [5.74, 6) is -8.12. The highest BCUT2D eigenvalue weighted by molar-refractivity contribution is 5.98. The van der Waals surface area contributed by atoms with Gasteiger partial charge >= 0.3 is 5.97 Å². The van der Waals surface area contributed by atoms with Gasteiger partial charge in [-0.05, 0) is 39.2 Å². The monoisotopic (exact) mass is 689 g/mol. The van der Waals surface area contributed by atoms with Gasteiger partial charge in [-0.2, -0.15) is 0 Å². The Hall–Kier alpha value is -4.44. The molecule has 21 nitrogen and oxygen atoms in total. The van der Waals surface area contributed by atoms with Crippen LogP contribution in [0.1, 0.15) is 45.4 Å². The molecule has 0 spiro atoms. The van der Waals surface area contributed by atoms with Crippen LogP contribution in [0.15, 0.2) is 0 Å². The van der Waals surface area contributed by atoms with Gasteiger partial charge in [0.25, 0.3) is 0 Å². The zero-order valence-corrected chi connectivity index (χ0v) is 26.6. The van der Waals surface area contributed by atoms with Crippen molar-refractivity contribution in [1.29, 1.82) is 0 Å². The number of amides is 7. The second-order valence-electron chi connectivity index (χ2n) is 11.1. The standard InChI is InChI=1S/C27H47N9O12/c1-13(39)21(35-22(42)14(29)5-2-3-7-28)25(45)33-15(9-19(30)40)26(46)36-8-4-6-18(36)24(44)34-16(11-37)23(43)31-10-20(41)32-17(12-38)27(47)48/h13-18,21,37-39H,2-12,28-29H2,1H3,(H2,30,40)(H,31,43)(H,32,41)(H,33,45)(H,34,44)(H,35,42)(H,47,48)/t13-,14+,15+,16+,17+,18+,21+/m1/s1. The van der Waals surface area contributed by atoms with Crippen molar-refractivity contribution >= 4 is 47.3 Å². The Kier molecular flexibility index (Phi) is 18.0. The van der Waals surface area contributed by atoms with E-state index in [2.05, 4.69) is 21.3 Å². The van der Waals surface area contributed by atoms with Crippen LogP contribution in [0.2, 0.25) is 0 Å². The average Bonchev–Trinajstić information content (AvgIpc) is 3.52. The van der Waals surface area contributed by atoms with Crippen molar-refractivity contribution in [3.8, 4) is 0 Å². The highest BCUT2D eigenvalue weighted by atomic mass is 16.4. The number of carboxylic acids is 1. The summed E-state index contributed by atoms with van der Waals surface area (Å²) in [6.07, 6.45) is -0.382. The van der Waals surface area contributed by atoms with Gasteiger partial charge < -0.3 is 69.1 Å². The maximum Gasteiger partial charge on any atom is 0.328 e. The number of primary amides is 1.